The molecule has 156 valence electrons. The van der Waals surface area contributed by atoms with Crippen LogP contribution in [-0.4, -0.2) is 57.6 Å². The van der Waals surface area contributed by atoms with Gasteiger partial charge in [-0.05, 0) is 61.4 Å². The molecule has 2 bridgehead atoms. The highest BCUT2D eigenvalue weighted by atomic mass is 16.3. The van der Waals surface area contributed by atoms with Crippen molar-refractivity contribution in [2.45, 2.75) is 75.0 Å². The minimum absolute atomic E-state index is 0.0120. The highest BCUT2D eigenvalue weighted by Gasteiger charge is 2.66. The summed E-state index contributed by atoms with van der Waals surface area (Å²) in [6, 6.07) is 4.71. The number of phenols is 1. The number of Topliss-reactive ketones (excluding diaryl/α,β-unsaturated/α-hetero) is 1. The number of benzene rings is 1. The molecule has 6 heteroatoms. The van der Waals surface area contributed by atoms with Crippen molar-refractivity contribution in [3.05, 3.63) is 29.3 Å². The molecule has 1 aromatic rings. The monoisotopic (exact) mass is 398 g/mol. The highest BCUT2D eigenvalue weighted by molar-refractivity contribution is 5.91. The van der Waals surface area contributed by atoms with Crippen LogP contribution in [0.3, 0.4) is 0 Å². The molecule has 3 fully saturated rings. The van der Waals surface area contributed by atoms with E-state index in [2.05, 4.69) is 10.2 Å². The molecular formula is C23H30N2O4. The lowest BCUT2D eigenvalue weighted by molar-refractivity contribution is -0.178. The second-order valence-corrected chi connectivity index (χ2v) is 9.58. The van der Waals surface area contributed by atoms with Crippen LogP contribution in [0.15, 0.2) is 18.2 Å². The number of carbonyl (C=O) groups is 2. The molecule has 1 amide bonds. The maximum atomic E-state index is 13.1. The molecule has 4 atom stereocenters. The van der Waals surface area contributed by atoms with Gasteiger partial charge in [0.25, 0.3) is 0 Å². The number of fused-ring (bicyclic) bond motifs is 1. The Morgan fingerprint density at radius 2 is 2.14 bits per heavy atom. The van der Waals surface area contributed by atoms with Gasteiger partial charge in [0.2, 0.25) is 5.91 Å². The topological polar surface area (TPSA) is 89.9 Å². The smallest absolute Gasteiger partial charge is 0.220 e. The van der Waals surface area contributed by atoms with Crippen molar-refractivity contribution in [3.63, 3.8) is 0 Å². The van der Waals surface area contributed by atoms with Gasteiger partial charge in [0, 0.05) is 37.3 Å². The first-order valence-electron chi connectivity index (χ1n) is 11.0. The van der Waals surface area contributed by atoms with Gasteiger partial charge in [-0.25, -0.2) is 0 Å². The zero-order valence-electron chi connectivity index (χ0n) is 17.0. The fourth-order valence-electron chi connectivity index (χ4n) is 6.18. The summed E-state index contributed by atoms with van der Waals surface area (Å²) in [7, 11) is 0. The quantitative estimate of drug-likeness (QED) is 0.718. The van der Waals surface area contributed by atoms with Crippen molar-refractivity contribution in [2.24, 2.45) is 5.92 Å². The Hall–Kier alpha value is -1.92. The third-order valence-electron chi connectivity index (χ3n) is 7.89. The number of nitrogens with one attached hydrogen (secondary N) is 1. The van der Waals surface area contributed by atoms with Gasteiger partial charge >= 0.3 is 0 Å². The van der Waals surface area contributed by atoms with Crippen LogP contribution in [0.2, 0.25) is 0 Å². The number of piperidine rings is 1. The van der Waals surface area contributed by atoms with Crippen LogP contribution in [0.4, 0.5) is 0 Å². The van der Waals surface area contributed by atoms with Gasteiger partial charge in [-0.2, -0.15) is 0 Å². The van der Waals surface area contributed by atoms with Crippen LogP contribution in [0, 0.1) is 5.92 Å². The summed E-state index contributed by atoms with van der Waals surface area (Å²) in [6.45, 7) is 3.62. The number of aromatic hydroxyl groups is 1. The van der Waals surface area contributed by atoms with E-state index in [1.807, 2.05) is 6.07 Å². The molecule has 4 aliphatic rings. The number of amides is 1. The Kier molecular flexibility index (Phi) is 4.30. The second-order valence-electron chi connectivity index (χ2n) is 9.58. The first-order valence-corrected chi connectivity index (χ1v) is 11.0. The van der Waals surface area contributed by atoms with Gasteiger partial charge in [0.15, 0.2) is 5.78 Å². The fourth-order valence-corrected chi connectivity index (χ4v) is 6.18. The zero-order chi connectivity index (χ0) is 20.4. The summed E-state index contributed by atoms with van der Waals surface area (Å²) in [5.41, 5.74) is 0.271. The predicted molar refractivity (Wildman–Crippen MR) is 108 cm³/mol. The Morgan fingerprint density at radius 1 is 1.34 bits per heavy atom. The van der Waals surface area contributed by atoms with Gasteiger partial charge in [0.1, 0.15) is 5.75 Å². The molecule has 6 nitrogen and oxygen atoms in total. The zero-order valence-corrected chi connectivity index (χ0v) is 17.0. The molecule has 0 spiro atoms. The number of ketones is 1. The summed E-state index contributed by atoms with van der Waals surface area (Å²) in [4.78, 5) is 27.5. The molecule has 5 rings (SSSR count). The Morgan fingerprint density at radius 3 is 2.86 bits per heavy atom. The summed E-state index contributed by atoms with van der Waals surface area (Å²) < 4.78 is 0. The van der Waals surface area contributed by atoms with Crippen molar-refractivity contribution in [1.82, 2.24) is 10.2 Å². The van der Waals surface area contributed by atoms with Gasteiger partial charge < -0.3 is 15.5 Å². The largest absolute Gasteiger partial charge is 0.508 e. The van der Waals surface area contributed by atoms with Crippen LogP contribution in [0.25, 0.3) is 0 Å². The predicted octanol–water partition coefficient (Wildman–Crippen LogP) is 1.66. The van der Waals surface area contributed by atoms with Crippen molar-refractivity contribution in [2.75, 3.05) is 13.1 Å². The van der Waals surface area contributed by atoms with Crippen molar-refractivity contribution < 1.29 is 19.8 Å². The van der Waals surface area contributed by atoms with E-state index in [0.717, 1.165) is 24.2 Å². The summed E-state index contributed by atoms with van der Waals surface area (Å²) >= 11 is 0. The number of hydrogen-bond donors (Lipinski definition) is 3. The van der Waals surface area contributed by atoms with E-state index in [-0.39, 0.29) is 36.3 Å². The minimum atomic E-state index is -1.10. The average molecular weight is 399 g/mol. The molecule has 1 saturated heterocycles. The lowest BCUT2D eigenvalue weighted by Crippen LogP contribution is -2.76. The van der Waals surface area contributed by atoms with Crippen LogP contribution >= 0.6 is 0 Å². The number of hydrogen-bond acceptors (Lipinski definition) is 5. The fraction of sp³-hybridized carbons (Fsp3) is 0.652. The lowest BCUT2D eigenvalue weighted by Gasteiger charge is -2.64. The van der Waals surface area contributed by atoms with E-state index >= 15 is 0 Å². The number of carbonyl (C=O) groups excluding carboxylic acids is 2. The number of aliphatic hydroxyl groups is 1. The summed E-state index contributed by atoms with van der Waals surface area (Å²) in [6.07, 6.45) is 4.70. The molecule has 1 heterocycles. The van der Waals surface area contributed by atoms with Crippen molar-refractivity contribution in [1.29, 1.82) is 0 Å². The first-order chi connectivity index (χ1) is 13.9. The average Bonchev–Trinajstić information content (AvgIpc) is 3.50. The standard InChI is InChI=1S/C23H30N2O4/c1-2-21(28)24-18-11-23(29)20-9-15-5-6-16(26)10-17(15)22(23,12-19(18)27)7-8-25(20)13-14-3-4-14/h5-6,10,14,18,20,26,29H,2-4,7-9,11-13H2,1H3,(H,24,28)/t18-,20+,22+,23+/m0/s1. The maximum Gasteiger partial charge on any atom is 0.220 e. The molecule has 0 aromatic heterocycles. The minimum Gasteiger partial charge on any atom is -0.508 e. The SMILES string of the molecule is CCC(=O)N[C@H]1C[C@@]2(O)[C@H]3Cc4ccc(O)cc4[C@@]2(CCN3CC2CC2)CC1=O. The maximum absolute atomic E-state index is 13.1. The van der Waals surface area contributed by atoms with Gasteiger partial charge in [0.05, 0.1) is 11.6 Å². The normalized spacial score (nSPS) is 36.3. The summed E-state index contributed by atoms with van der Waals surface area (Å²) in [5, 5.41) is 25.3. The van der Waals surface area contributed by atoms with E-state index in [9.17, 15) is 19.8 Å². The first kappa shape index (κ1) is 19.1. The van der Waals surface area contributed by atoms with Gasteiger partial charge in [-0.1, -0.05) is 13.0 Å². The lowest BCUT2D eigenvalue weighted by atomic mass is 9.48. The highest BCUT2D eigenvalue weighted by Crippen LogP contribution is 2.58. The Labute approximate surface area is 171 Å². The van der Waals surface area contributed by atoms with Crippen molar-refractivity contribution >= 4 is 11.7 Å². The van der Waals surface area contributed by atoms with E-state index < -0.39 is 17.1 Å². The Balaban J connectivity index is 1.59. The van der Waals surface area contributed by atoms with E-state index in [1.54, 1.807) is 19.1 Å². The van der Waals surface area contributed by atoms with Crippen LogP contribution < -0.4 is 5.32 Å². The molecule has 29 heavy (non-hydrogen) atoms. The van der Waals surface area contributed by atoms with Crippen LogP contribution in [0.1, 0.15) is 56.6 Å². The third-order valence-corrected chi connectivity index (χ3v) is 7.89. The second kappa shape index (κ2) is 6.54. The number of likely N-dealkylation sites (tertiary alicyclic amines) is 1. The molecule has 0 radical (unpaired) electrons. The molecular weight excluding hydrogens is 368 g/mol. The molecule has 0 unspecified atom stereocenters. The molecule has 1 aromatic carbocycles. The Bertz CT molecular complexity index is 866. The van der Waals surface area contributed by atoms with Gasteiger partial charge in [-0.3, -0.25) is 14.5 Å². The van der Waals surface area contributed by atoms with Gasteiger partial charge in [-0.15, -0.1) is 0 Å². The van der Waals surface area contributed by atoms with E-state index in [0.29, 0.717) is 25.2 Å². The number of nitrogens with zero attached hydrogens (tertiary/aromatic N) is 1. The molecule has 3 N–H and O–H groups in total. The number of rotatable bonds is 4. The molecule has 1 aliphatic heterocycles. The summed E-state index contributed by atoms with van der Waals surface area (Å²) in [5.74, 6) is 0.722. The van der Waals surface area contributed by atoms with Crippen molar-refractivity contribution in [3.8, 4) is 5.75 Å². The van der Waals surface area contributed by atoms with Crippen LogP contribution in [0.5, 0.6) is 5.75 Å². The molecule has 2 saturated carbocycles. The molecule has 3 aliphatic carbocycles. The third kappa shape index (κ3) is 2.83. The van der Waals surface area contributed by atoms with E-state index in [4.69, 9.17) is 0 Å². The van der Waals surface area contributed by atoms with Crippen LogP contribution in [-0.2, 0) is 21.4 Å². The van der Waals surface area contributed by atoms with E-state index in [1.165, 1.54) is 12.8 Å². The number of phenolic OH excluding ortho intramolecular Hbond substituents is 1.